The van der Waals surface area contributed by atoms with Crippen LogP contribution in [0.5, 0.6) is 0 Å². The normalized spacial score (nSPS) is 10.7. The maximum atomic E-state index is 12.0. The molecule has 0 aliphatic heterocycles. The molecule has 0 aliphatic rings. The molecule has 0 amide bonds. The summed E-state index contributed by atoms with van der Waals surface area (Å²) in [6.45, 7) is 5.19. The van der Waals surface area contributed by atoms with Gasteiger partial charge in [-0.2, -0.15) is 0 Å². The minimum absolute atomic E-state index is 0.104. The summed E-state index contributed by atoms with van der Waals surface area (Å²) < 4.78 is 3.62. The van der Waals surface area contributed by atoms with Crippen LogP contribution in [0.25, 0.3) is 0 Å². The smallest absolute Gasteiger partial charge is 0.290 e. The van der Waals surface area contributed by atoms with E-state index in [0.29, 0.717) is 12.2 Å². The molecule has 2 N–H and O–H groups in total. The molecule has 1 aromatic heterocycles. The zero-order valence-electron chi connectivity index (χ0n) is 10.2. The van der Waals surface area contributed by atoms with Crippen molar-refractivity contribution in [1.29, 1.82) is 0 Å². The van der Waals surface area contributed by atoms with Gasteiger partial charge in [0.25, 0.3) is 5.56 Å². The Morgan fingerprint density at radius 2 is 1.82 bits per heavy atom. The highest BCUT2D eigenvalue weighted by molar-refractivity contribution is 5.40. The van der Waals surface area contributed by atoms with E-state index in [2.05, 4.69) is 0 Å². The van der Waals surface area contributed by atoms with E-state index in [0.717, 1.165) is 17.8 Å². The second kappa shape index (κ2) is 4.49. The molecule has 0 saturated carbocycles. The highest BCUT2D eigenvalue weighted by Crippen LogP contribution is 2.09. The maximum absolute atomic E-state index is 12.0. The van der Waals surface area contributed by atoms with Crippen molar-refractivity contribution in [3.8, 4) is 0 Å². The van der Waals surface area contributed by atoms with E-state index < -0.39 is 0 Å². The quantitative estimate of drug-likeness (QED) is 0.872. The number of hydrogen-bond donors (Lipinski definition) is 1. The lowest BCUT2D eigenvalue weighted by atomic mass is 10.2. The third kappa shape index (κ3) is 1.98. The topological polar surface area (TPSA) is 52.9 Å². The number of anilines is 1. The molecule has 2 rings (SSSR count). The summed E-state index contributed by atoms with van der Waals surface area (Å²) in [5.74, 6) is 0. The largest absolute Gasteiger partial charge is 0.393 e. The van der Waals surface area contributed by atoms with Gasteiger partial charge in [-0.1, -0.05) is 30.3 Å². The summed E-state index contributed by atoms with van der Waals surface area (Å²) in [7, 11) is 0. The predicted octanol–water partition coefficient (Wildman–Crippen LogP) is 1.61. The van der Waals surface area contributed by atoms with Crippen molar-refractivity contribution in [2.75, 3.05) is 5.73 Å². The standard InChI is InChI=1S/C13H17N3O/c1-3-15-10(2)12(14)13(17)16(15)9-11-7-5-4-6-8-11/h4-8H,3,9,14H2,1-2H3. The van der Waals surface area contributed by atoms with Crippen molar-refractivity contribution < 1.29 is 0 Å². The molecule has 0 unspecified atom stereocenters. The molecular formula is C13H17N3O. The van der Waals surface area contributed by atoms with Gasteiger partial charge in [0.15, 0.2) is 0 Å². The van der Waals surface area contributed by atoms with Crippen molar-refractivity contribution in [3.05, 3.63) is 51.9 Å². The number of benzene rings is 1. The second-order valence-corrected chi connectivity index (χ2v) is 4.06. The van der Waals surface area contributed by atoms with Gasteiger partial charge in [-0.05, 0) is 19.4 Å². The fourth-order valence-electron chi connectivity index (χ4n) is 2.04. The Morgan fingerprint density at radius 3 is 2.41 bits per heavy atom. The van der Waals surface area contributed by atoms with E-state index in [-0.39, 0.29) is 5.56 Å². The molecule has 0 radical (unpaired) electrons. The number of nitrogen functional groups attached to an aromatic ring is 1. The summed E-state index contributed by atoms with van der Waals surface area (Å²) in [5, 5.41) is 0. The Labute approximate surface area is 100 Å². The van der Waals surface area contributed by atoms with Gasteiger partial charge in [-0.3, -0.25) is 9.48 Å². The number of rotatable bonds is 3. The van der Waals surface area contributed by atoms with Crippen LogP contribution in [0.2, 0.25) is 0 Å². The van der Waals surface area contributed by atoms with Gasteiger partial charge in [0, 0.05) is 6.54 Å². The second-order valence-electron chi connectivity index (χ2n) is 4.06. The van der Waals surface area contributed by atoms with E-state index in [1.807, 2.05) is 48.9 Å². The molecule has 0 spiro atoms. The first-order valence-electron chi connectivity index (χ1n) is 5.74. The Balaban J connectivity index is 2.46. The van der Waals surface area contributed by atoms with Gasteiger partial charge in [0.05, 0.1) is 12.2 Å². The van der Waals surface area contributed by atoms with Crippen LogP contribution in [0, 0.1) is 6.92 Å². The van der Waals surface area contributed by atoms with E-state index in [9.17, 15) is 4.79 Å². The fraction of sp³-hybridized carbons (Fsp3) is 0.308. The van der Waals surface area contributed by atoms with Crippen molar-refractivity contribution >= 4 is 5.69 Å². The van der Waals surface area contributed by atoms with Crippen LogP contribution < -0.4 is 11.3 Å². The summed E-state index contributed by atoms with van der Waals surface area (Å²) in [4.78, 5) is 12.0. The molecule has 2 aromatic rings. The van der Waals surface area contributed by atoms with Gasteiger partial charge in [0.1, 0.15) is 5.69 Å². The van der Waals surface area contributed by atoms with Crippen molar-refractivity contribution in [2.24, 2.45) is 0 Å². The number of hydrogen-bond acceptors (Lipinski definition) is 2. The number of nitrogens with zero attached hydrogens (tertiary/aromatic N) is 2. The van der Waals surface area contributed by atoms with Gasteiger partial charge in [-0.25, -0.2) is 4.68 Å². The molecule has 0 saturated heterocycles. The maximum Gasteiger partial charge on any atom is 0.290 e. The van der Waals surface area contributed by atoms with Crippen LogP contribution >= 0.6 is 0 Å². The Hall–Kier alpha value is -1.97. The molecule has 4 nitrogen and oxygen atoms in total. The molecule has 0 bridgehead atoms. The van der Waals surface area contributed by atoms with Crippen LogP contribution in [-0.4, -0.2) is 9.36 Å². The van der Waals surface area contributed by atoms with E-state index in [1.165, 1.54) is 0 Å². The number of nitrogens with two attached hydrogens (primary N) is 1. The monoisotopic (exact) mass is 231 g/mol. The highest BCUT2D eigenvalue weighted by Gasteiger charge is 2.12. The lowest BCUT2D eigenvalue weighted by Gasteiger charge is -2.11. The summed E-state index contributed by atoms with van der Waals surface area (Å²) >= 11 is 0. The Morgan fingerprint density at radius 1 is 1.18 bits per heavy atom. The highest BCUT2D eigenvalue weighted by atomic mass is 16.1. The molecule has 90 valence electrons. The van der Waals surface area contributed by atoms with E-state index >= 15 is 0 Å². The van der Waals surface area contributed by atoms with Gasteiger partial charge >= 0.3 is 0 Å². The van der Waals surface area contributed by atoms with Crippen molar-refractivity contribution in [1.82, 2.24) is 9.36 Å². The molecule has 1 aromatic carbocycles. The summed E-state index contributed by atoms with van der Waals surface area (Å²) in [6.07, 6.45) is 0. The third-order valence-electron chi connectivity index (χ3n) is 3.01. The third-order valence-corrected chi connectivity index (χ3v) is 3.01. The fourth-order valence-corrected chi connectivity index (χ4v) is 2.04. The zero-order chi connectivity index (χ0) is 12.4. The summed E-state index contributed by atoms with van der Waals surface area (Å²) in [6, 6.07) is 9.91. The Kier molecular flexibility index (Phi) is 3.04. The van der Waals surface area contributed by atoms with Crippen LogP contribution in [0.1, 0.15) is 18.2 Å². The minimum Gasteiger partial charge on any atom is -0.393 e. The van der Waals surface area contributed by atoms with Crippen molar-refractivity contribution in [3.63, 3.8) is 0 Å². The van der Waals surface area contributed by atoms with E-state index in [4.69, 9.17) is 5.73 Å². The lowest BCUT2D eigenvalue weighted by Crippen LogP contribution is -2.24. The Bertz CT molecular complexity index is 566. The molecule has 0 aliphatic carbocycles. The first-order valence-corrected chi connectivity index (χ1v) is 5.74. The average molecular weight is 231 g/mol. The van der Waals surface area contributed by atoms with Crippen LogP contribution in [0.3, 0.4) is 0 Å². The lowest BCUT2D eigenvalue weighted by molar-refractivity contribution is 0.480. The predicted molar refractivity (Wildman–Crippen MR) is 69.1 cm³/mol. The van der Waals surface area contributed by atoms with Crippen molar-refractivity contribution in [2.45, 2.75) is 26.9 Å². The zero-order valence-corrected chi connectivity index (χ0v) is 10.2. The first-order chi connectivity index (χ1) is 8.15. The number of aromatic nitrogens is 2. The molecular weight excluding hydrogens is 214 g/mol. The van der Waals surface area contributed by atoms with Gasteiger partial charge in [-0.15, -0.1) is 0 Å². The molecule has 0 atom stereocenters. The van der Waals surface area contributed by atoms with E-state index in [1.54, 1.807) is 4.68 Å². The minimum atomic E-state index is -0.104. The first kappa shape index (κ1) is 11.5. The SMILES string of the molecule is CCn1c(C)c(N)c(=O)n1Cc1ccccc1. The molecule has 1 heterocycles. The van der Waals surface area contributed by atoms with Crippen LogP contribution in [0.15, 0.2) is 35.1 Å². The van der Waals surface area contributed by atoms with Crippen LogP contribution in [0.4, 0.5) is 5.69 Å². The summed E-state index contributed by atoms with van der Waals surface area (Å²) in [5.41, 5.74) is 7.96. The van der Waals surface area contributed by atoms with Crippen LogP contribution in [-0.2, 0) is 13.1 Å². The average Bonchev–Trinajstić information content (AvgIpc) is 2.55. The molecule has 17 heavy (non-hydrogen) atoms. The molecule has 4 heteroatoms. The van der Waals surface area contributed by atoms with Gasteiger partial charge in [0.2, 0.25) is 0 Å². The van der Waals surface area contributed by atoms with Gasteiger partial charge < -0.3 is 5.73 Å². The molecule has 0 fully saturated rings.